The molecule has 7 heteroatoms. The smallest absolute Gasteiger partial charge is 0.264 e. The molecule has 1 atom stereocenters. The van der Waals surface area contributed by atoms with Gasteiger partial charge in [-0.25, -0.2) is 0 Å². The first kappa shape index (κ1) is 18.3. The SMILES string of the molecule is COc1ccc(NC(=O)C2CCCCN2C(=O)c2cccs2)c(OC)c1. The Morgan fingerprint density at radius 1 is 1.19 bits per heavy atom. The van der Waals surface area contributed by atoms with Gasteiger partial charge in [0.05, 0.1) is 24.8 Å². The minimum atomic E-state index is -0.481. The minimum absolute atomic E-state index is 0.0819. The summed E-state index contributed by atoms with van der Waals surface area (Å²) in [6.07, 6.45) is 2.49. The molecule has 0 aliphatic carbocycles. The topological polar surface area (TPSA) is 67.9 Å². The van der Waals surface area contributed by atoms with Crippen LogP contribution in [0.2, 0.25) is 0 Å². The third-order valence-electron chi connectivity index (χ3n) is 4.46. The lowest BCUT2D eigenvalue weighted by Crippen LogP contribution is -2.49. The second kappa shape index (κ2) is 8.23. The first-order valence-corrected chi connectivity index (χ1v) is 9.39. The Hall–Kier alpha value is -2.54. The van der Waals surface area contributed by atoms with Gasteiger partial charge in [0, 0.05) is 12.6 Å². The molecule has 1 aromatic carbocycles. The number of carbonyl (C=O) groups is 2. The number of nitrogens with one attached hydrogen (secondary N) is 1. The van der Waals surface area contributed by atoms with Crippen LogP contribution in [-0.4, -0.2) is 43.5 Å². The van der Waals surface area contributed by atoms with Gasteiger partial charge < -0.3 is 19.7 Å². The van der Waals surface area contributed by atoms with Crippen molar-refractivity contribution in [3.05, 3.63) is 40.6 Å². The zero-order valence-corrected chi connectivity index (χ0v) is 15.7. The van der Waals surface area contributed by atoms with Crippen molar-refractivity contribution >= 4 is 28.8 Å². The predicted molar refractivity (Wildman–Crippen MR) is 101 cm³/mol. The monoisotopic (exact) mass is 374 g/mol. The second-order valence-corrected chi connectivity index (χ2v) is 6.99. The van der Waals surface area contributed by atoms with E-state index in [0.717, 1.165) is 12.8 Å². The van der Waals surface area contributed by atoms with Crippen LogP contribution in [0.1, 0.15) is 28.9 Å². The largest absolute Gasteiger partial charge is 0.497 e. The number of rotatable bonds is 5. The molecule has 2 aromatic rings. The van der Waals surface area contributed by atoms with Gasteiger partial charge in [0.2, 0.25) is 5.91 Å². The summed E-state index contributed by atoms with van der Waals surface area (Å²) in [5.74, 6) is 0.885. The fourth-order valence-corrected chi connectivity index (χ4v) is 3.79. The van der Waals surface area contributed by atoms with Crippen molar-refractivity contribution in [2.24, 2.45) is 0 Å². The van der Waals surface area contributed by atoms with Crippen molar-refractivity contribution in [2.45, 2.75) is 25.3 Å². The van der Waals surface area contributed by atoms with E-state index in [1.165, 1.54) is 18.4 Å². The highest BCUT2D eigenvalue weighted by Crippen LogP contribution is 2.30. The molecule has 26 heavy (non-hydrogen) atoms. The molecule has 138 valence electrons. The maximum atomic E-state index is 12.9. The van der Waals surface area contributed by atoms with Gasteiger partial charge in [-0.1, -0.05) is 6.07 Å². The summed E-state index contributed by atoms with van der Waals surface area (Å²) in [4.78, 5) is 28.0. The Balaban J connectivity index is 1.78. The normalized spacial score (nSPS) is 16.8. The number of piperidine rings is 1. The summed E-state index contributed by atoms with van der Waals surface area (Å²) >= 11 is 1.40. The van der Waals surface area contributed by atoms with Crippen LogP contribution in [-0.2, 0) is 4.79 Å². The van der Waals surface area contributed by atoms with Gasteiger partial charge in [-0.2, -0.15) is 0 Å². The number of ether oxygens (including phenoxy) is 2. The quantitative estimate of drug-likeness (QED) is 0.871. The molecule has 6 nitrogen and oxygen atoms in total. The van der Waals surface area contributed by atoms with Crippen molar-refractivity contribution in [3.63, 3.8) is 0 Å². The van der Waals surface area contributed by atoms with Crippen LogP contribution in [0, 0.1) is 0 Å². The van der Waals surface area contributed by atoms with E-state index < -0.39 is 6.04 Å². The second-order valence-electron chi connectivity index (χ2n) is 6.04. The van der Waals surface area contributed by atoms with Crippen molar-refractivity contribution < 1.29 is 19.1 Å². The number of carbonyl (C=O) groups excluding carboxylic acids is 2. The molecule has 1 aromatic heterocycles. The van der Waals surface area contributed by atoms with E-state index in [-0.39, 0.29) is 11.8 Å². The summed E-state index contributed by atoms with van der Waals surface area (Å²) in [5, 5.41) is 4.77. The number of nitrogens with zero attached hydrogens (tertiary/aromatic N) is 1. The van der Waals surface area contributed by atoms with Crippen LogP contribution in [0.25, 0.3) is 0 Å². The third-order valence-corrected chi connectivity index (χ3v) is 5.32. The lowest BCUT2D eigenvalue weighted by atomic mass is 10.0. The fourth-order valence-electron chi connectivity index (χ4n) is 3.11. The first-order chi connectivity index (χ1) is 12.6. The van der Waals surface area contributed by atoms with Crippen LogP contribution >= 0.6 is 11.3 Å². The molecule has 1 aliphatic heterocycles. The average Bonchev–Trinajstić information content (AvgIpc) is 3.22. The summed E-state index contributed by atoms with van der Waals surface area (Å²) in [7, 11) is 3.11. The molecule has 1 N–H and O–H groups in total. The van der Waals surface area contributed by atoms with E-state index in [2.05, 4.69) is 5.32 Å². The maximum Gasteiger partial charge on any atom is 0.264 e. The highest BCUT2D eigenvalue weighted by molar-refractivity contribution is 7.12. The zero-order valence-electron chi connectivity index (χ0n) is 14.9. The fraction of sp³-hybridized carbons (Fsp3) is 0.368. The molecular formula is C19H22N2O4S. The highest BCUT2D eigenvalue weighted by atomic mass is 32.1. The molecule has 3 rings (SSSR count). The van der Waals surface area contributed by atoms with E-state index in [4.69, 9.17) is 9.47 Å². The van der Waals surface area contributed by atoms with Crippen LogP contribution in [0.4, 0.5) is 5.69 Å². The maximum absolute atomic E-state index is 12.9. The van der Waals surface area contributed by atoms with Crippen molar-refractivity contribution in [1.29, 1.82) is 0 Å². The van der Waals surface area contributed by atoms with Crippen molar-refractivity contribution in [1.82, 2.24) is 4.90 Å². The lowest BCUT2D eigenvalue weighted by molar-refractivity contribution is -0.121. The number of benzene rings is 1. The molecule has 1 saturated heterocycles. The summed E-state index contributed by atoms with van der Waals surface area (Å²) < 4.78 is 10.5. The molecule has 2 amide bonds. The molecule has 0 saturated carbocycles. The molecule has 0 bridgehead atoms. The predicted octanol–water partition coefficient (Wildman–Crippen LogP) is 3.40. The van der Waals surface area contributed by atoms with Gasteiger partial charge in [-0.05, 0) is 42.8 Å². The first-order valence-electron chi connectivity index (χ1n) is 8.51. The Bertz CT molecular complexity index is 776. The van der Waals surface area contributed by atoms with Gasteiger partial charge in [0.15, 0.2) is 0 Å². The van der Waals surface area contributed by atoms with E-state index in [0.29, 0.717) is 35.0 Å². The van der Waals surface area contributed by atoms with E-state index in [1.54, 1.807) is 36.3 Å². The Morgan fingerprint density at radius 2 is 2.04 bits per heavy atom. The Labute approximate surface area is 156 Å². The number of likely N-dealkylation sites (tertiary alicyclic amines) is 1. The van der Waals surface area contributed by atoms with Crippen LogP contribution < -0.4 is 14.8 Å². The van der Waals surface area contributed by atoms with Crippen LogP contribution in [0.3, 0.4) is 0 Å². The van der Waals surface area contributed by atoms with Crippen molar-refractivity contribution in [2.75, 3.05) is 26.1 Å². The molecule has 1 fully saturated rings. The molecule has 0 spiro atoms. The van der Waals surface area contributed by atoms with E-state index >= 15 is 0 Å². The number of amides is 2. The average molecular weight is 374 g/mol. The molecule has 2 heterocycles. The number of thiophene rings is 1. The minimum Gasteiger partial charge on any atom is -0.497 e. The zero-order chi connectivity index (χ0) is 18.5. The van der Waals surface area contributed by atoms with Gasteiger partial charge >= 0.3 is 0 Å². The molecule has 0 radical (unpaired) electrons. The molecular weight excluding hydrogens is 352 g/mol. The Morgan fingerprint density at radius 3 is 2.73 bits per heavy atom. The summed E-state index contributed by atoms with van der Waals surface area (Å²) in [6, 6.07) is 8.37. The highest BCUT2D eigenvalue weighted by Gasteiger charge is 2.33. The standard InChI is InChI=1S/C19H22N2O4S/c1-24-13-8-9-14(16(12-13)25-2)20-18(22)15-6-3-4-10-21(15)19(23)17-7-5-11-26-17/h5,7-9,11-12,15H,3-4,6,10H2,1-2H3,(H,20,22). The third kappa shape index (κ3) is 3.83. The van der Waals surface area contributed by atoms with Gasteiger partial charge in [-0.15, -0.1) is 11.3 Å². The number of anilines is 1. The van der Waals surface area contributed by atoms with E-state index in [9.17, 15) is 9.59 Å². The molecule has 1 unspecified atom stereocenters. The van der Waals surface area contributed by atoms with E-state index in [1.807, 2.05) is 11.4 Å². The molecule has 1 aliphatic rings. The number of hydrogen-bond acceptors (Lipinski definition) is 5. The Kier molecular flexibility index (Phi) is 5.78. The lowest BCUT2D eigenvalue weighted by Gasteiger charge is -2.34. The van der Waals surface area contributed by atoms with Crippen LogP contribution in [0.5, 0.6) is 11.5 Å². The van der Waals surface area contributed by atoms with Crippen LogP contribution in [0.15, 0.2) is 35.7 Å². The van der Waals surface area contributed by atoms with Gasteiger partial charge in [0.1, 0.15) is 17.5 Å². The van der Waals surface area contributed by atoms with Crippen molar-refractivity contribution in [3.8, 4) is 11.5 Å². The number of methoxy groups -OCH3 is 2. The van der Waals surface area contributed by atoms with Gasteiger partial charge in [-0.3, -0.25) is 9.59 Å². The summed E-state index contributed by atoms with van der Waals surface area (Å²) in [6.45, 7) is 0.592. The number of hydrogen-bond donors (Lipinski definition) is 1. The summed E-state index contributed by atoms with van der Waals surface area (Å²) in [5.41, 5.74) is 0.562. The van der Waals surface area contributed by atoms with Gasteiger partial charge in [0.25, 0.3) is 5.91 Å².